The molecule has 15 heavy (non-hydrogen) atoms. The van der Waals surface area contributed by atoms with E-state index in [1.807, 2.05) is 20.8 Å². The third kappa shape index (κ3) is 2.12. The van der Waals surface area contributed by atoms with Gasteiger partial charge in [0.25, 0.3) is 0 Å². The van der Waals surface area contributed by atoms with Crippen LogP contribution in [0.5, 0.6) is 0 Å². The minimum Gasteiger partial charge on any atom is -0.264 e. The van der Waals surface area contributed by atoms with Gasteiger partial charge in [-0.1, -0.05) is 19.9 Å². The van der Waals surface area contributed by atoms with Crippen molar-refractivity contribution < 1.29 is 8.78 Å². The Hall–Kier alpha value is -1.51. The van der Waals surface area contributed by atoms with Crippen LogP contribution in [0.3, 0.4) is 0 Å². The van der Waals surface area contributed by atoms with Crippen molar-refractivity contribution in [2.24, 2.45) is 0 Å². The first-order valence-corrected chi connectivity index (χ1v) is 4.88. The van der Waals surface area contributed by atoms with Gasteiger partial charge >= 0.3 is 0 Å². The lowest BCUT2D eigenvalue weighted by Crippen LogP contribution is -1.89. The van der Waals surface area contributed by atoms with Gasteiger partial charge < -0.3 is 0 Å². The van der Waals surface area contributed by atoms with Crippen molar-refractivity contribution in [3.63, 3.8) is 0 Å². The second kappa shape index (κ2) is 4.82. The van der Waals surface area contributed by atoms with Crippen LogP contribution < -0.4 is 0 Å². The third-order valence-corrected chi connectivity index (χ3v) is 2.03. The van der Waals surface area contributed by atoms with Gasteiger partial charge in [0, 0.05) is 17.8 Å². The van der Waals surface area contributed by atoms with E-state index in [2.05, 4.69) is 4.98 Å². The molecule has 2 rings (SSSR count). The Balaban J connectivity index is 0.000000531. The molecule has 0 unspecified atom stereocenters. The van der Waals surface area contributed by atoms with Gasteiger partial charge in [0.15, 0.2) is 11.6 Å². The van der Waals surface area contributed by atoms with Gasteiger partial charge in [-0.05, 0) is 23.9 Å². The maximum absolute atomic E-state index is 13.2. The van der Waals surface area contributed by atoms with E-state index in [4.69, 9.17) is 0 Å². The number of pyridine rings is 1. The fourth-order valence-electron chi connectivity index (χ4n) is 1.33. The molecule has 0 N–H and O–H groups in total. The monoisotopic (exact) mass is 209 g/mol. The quantitative estimate of drug-likeness (QED) is 0.642. The van der Waals surface area contributed by atoms with E-state index in [-0.39, 0.29) is 5.39 Å². The number of halogens is 2. The van der Waals surface area contributed by atoms with Gasteiger partial charge in [-0.2, -0.15) is 0 Å². The molecule has 0 saturated carbocycles. The Bertz CT molecular complexity index is 466. The van der Waals surface area contributed by atoms with Crippen molar-refractivity contribution in [3.05, 3.63) is 41.7 Å². The highest BCUT2D eigenvalue weighted by atomic mass is 19.2. The lowest BCUT2D eigenvalue weighted by Gasteiger charge is -2.01. The first-order chi connectivity index (χ1) is 7.20. The molecule has 0 spiro atoms. The predicted molar refractivity (Wildman–Crippen MR) is 57.7 cm³/mol. The molecule has 0 aliphatic carbocycles. The standard InChI is InChI=1S/C10H7F2N.C2H6/c1-6-4-13-5-8-7(6)2-3-9(11)10(8)12;1-2/h2-5H,1H3;1-2H3. The van der Waals surface area contributed by atoms with Gasteiger partial charge in [-0.3, -0.25) is 4.98 Å². The van der Waals surface area contributed by atoms with E-state index < -0.39 is 11.6 Å². The van der Waals surface area contributed by atoms with Crippen LogP contribution in [-0.4, -0.2) is 4.98 Å². The molecule has 0 amide bonds. The topological polar surface area (TPSA) is 12.9 Å². The Morgan fingerprint density at radius 1 is 1.00 bits per heavy atom. The summed E-state index contributed by atoms with van der Waals surface area (Å²) in [6, 6.07) is 2.69. The molecule has 0 aliphatic rings. The summed E-state index contributed by atoms with van der Waals surface area (Å²) in [4.78, 5) is 3.81. The summed E-state index contributed by atoms with van der Waals surface area (Å²) in [6.45, 7) is 5.81. The summed E-state index contributed by atoms with van der Waals surface area (Å²) in [5.41, 5.74) is 0.844. The fraction of sp³-hybridized carbons (Fsp3) is 0.250. The van der Waals surface area contributed by atoms with E-state index in [9.17, 15) is 8.78 Å². The summed E-state index contributed by atoms with van der Waals surface area (Å²) in [5, 5.41) is 0.939. The normalized spacial score (nSPS) is 9.67. The second-order valence-electron chi connectivity index (χ2n) is 2.91. The number of aromatic nitrogens is 1. The van der Waals surface area contributed by atoms with E-state index in [0.29, 0.717) is 5.39 Å². The van der Waals surface area contributed by atoms with Crippen molar-refractivity contribution in [2.75, 3.05) is 0 Å². The lowest BCUT2D eigenvalue weighted by atomic mass is 10.1. The van der Waals surface area contributed by atoms with Crippen LogP contribution in [-0.2, 0) is 0 Å². The van der Waals surface area contributed by atoms with Crippen LogP contribution in [0.1, 0.15) is 19.4 Å². The molecule has 1 heterocycles. The molecule has 0 atom stereocenters. The Morgan fingerprint density at radius 2 is 1.67 bits per heavy atom. The summed E-state index contributed by atoms with van der Waals surface area (Å²) in [5.74, 6) is -1.66. The number of hydrogen-bond acceptors (Lipinski definition) is 1. The van der Waals surface area contributed by atoms with E-state index in [0.717, 1.165) is 11.6 Å². The molecular formula is C12H13F2N. The van der Waals surface area contributed by atoms with E-state index >= 15 is 0 Å². The van der Waals surface area contributed by atoms with Crippen molar-refractivity contribution in [1.29, 1.82) is 0 Å². The van der Waals surface area contributed by atoms with Crippen molar-refractivity contribution in [2.45, 2.75) is 20.8 Å². The number of nitrogens with zero attached hydrogens (tertiary/aromatic N) is 1. The van der Waals surface area contributed by atoms with Crippen LogP contribution in [0, 0.1) is 18.6 Å². The molecule has 0 fully saturated rings. The first kappa shape index (κ1) is 11.6. The molecule has 80 valence electrons. The Kier molecular flexibility index (Phi) is 3.72. The van der Waals surface area contributed by atoms with E-state index in [1.165, 1.54) is 6.20 Å². The summed E-state index contributed by atoms with van der Waals surface area (Å²) >= 11 is 0. The first-order valence-electron chi connectivity index (χ1n) is 4.88. The zero-order chi connectivity index (χ0) is 11.4. The lowest BCUT2D eigenvalue weighted by molar-refractivity contribution is 0.517. The molecular weight excluding hydrogens is 196 g/mol. The number of fused-ring (bicyclic) bond motifs is 1. The number of aryl methyl sites for hydroxylation is 1. The highest BCUT2D eigenvalue weighted by Crippen LogP contribution is 2.21. The highest BCUT2D eigenvalue weighted by molar-refractivity contribution is 5.85. The molecule has 2 aromatic rings. The van der Waals surface area contributed by atoms with E-state index in [1.54, 1.807) is 12.3 Å². The largest absolute Gasteiger partial charge is 0.264 e. The maximum atomic E-state index is 13.2. The fourth-order valence-corrected chi connectivity index (χ4v) is 1.33. The second-order valence-corrected chi connectivity index (χ2v) is 2.91. The van der Waals surface area contributed by atoms with Crippen LogP contribution >= 0.6 is 0 Å². The molecule has 0 aliphatic heterocycles. The van der Waals surface area contributed by atoms with Gasteiger partial charge in [-0.25, -0.2) is 8.78 Å². The molecule has 0 saturated heterocycles. The van der Waals surface area contributed by atoms with Gasteiger partial charge in [0.1, 0.15) is 0 Å². The molecule has 1 nitrogen and oxygen atoms in total. The third-order valence-electron chi connectivity index (χ3n) is 2.03. The van der Waals surface area contributed by atoms with Crippen LogP contribution in [0.15, 0.2) is 24.5 Å². The molecule has 1 aromatic heterocycles. The van der Waals surface area contributed by atoms with Gasteiger partial charge in [0.05, 0.1) is 0 Å². The Labute approximate surface area is 87.8 Å². The SMILES string of the molecule is CC.Cc1cncc2c(F)c(F)ccc12. The molecule has 0 bridgehead atoms. The van der Waals surface area contributed by atoms with Crippen molar-refractivity contribution in [3.8, 4) is 0 Å². The van der Waals surface area contributed by atoms with Crippen LogP contribution in [0.4, 0.5) is 8.78 Å². The number of benzene rings is 1. The highest BCUT2D eigenvalue weighted by Gasteiger charge is 2.07. The zero-order valence-electron chi connectivity index (χ0n) is 9.01. The minimum atomic E-state index is -0.833. The smallest absolute Gasteiger partial charge is 0.168 e. The van der Waals surface area contributed by atoms with Crippen molar-refractivity contribution >= 4 is 10.8 Å². The zero-order valence-corrected chi connectivity index (χ0v) is 9.01. The van der Waals surface area contributed by atoms with Crippen LogP contribution in [0.2, 0.25) is 0 Å². The summed E-state index contributed by atoms with van der Waals surface area (Å²) in [6.07, 6.45) is 2.96. The van der Waals surface area contributed by atoms with Gasteiger partial charge in [-0.15, -0.1) is 0 Å². The summed E-state index contributed by atoms with van der Waals surface area (Å²) in [7, 11) is 0. The average Bonchev–Trinajstić information content (AvgIpc) is 2.27. The maximum Gasteiger partial charge on any atom is 0.168 e. The number of hydrogen-bond donors (Lipinski definition) is 0. The molecule has 1 aromatic carbocycles. The van der Waals surface area contributed by atoms with Crippen LogP contribution in [0.25, 0.3) is 10.8 Å². The Morgan fingerprint density at radius 3 is 2.33 bits per heavy atom. The molecule has 0 radical (unpaired) electrons. The minimum absolute atomic E-state index is 0.236. The molecule has 3 heteroatoms. The van der Waals surface area contributed by atoms with Gasteiger partial charge in [0.2, 0.25) is 0 Å². The predicted octanol–water partition coefficient (Wildman–Crippen LogP) is 3.85. The van der Waals surface area contributed by atoms with Crippen molar-refractivity contribution in [1.82, 2.24) is 4.98 Å². The average molecular weight is 209 g/mol. The summed E-state index contributed by atoms with van der Waals surface area (Å²) < 4.78 is 25.9. The number of rotatable bonds is 0.